The normalized spacial score (nSPS) is 24.1. The Kier molecular flexibility index (Phi) is 4.72. The standard InChI is InChI=1S/C20H22ClN7S/c21-17-13(5-8-24-18(17)23)29-16-4-3-12-19(27-16)25-10-15(26-12)28-9-7-20(11-28)6-1-2-14(20)22/h3-5,8,10,14H,1-2,6-7,9,11,22H2,(H2,23,24). The lowest BCUT2D eigenvalue weighted by Gasteiger charge is -2.28. The Morgan fingerprint density at radius 1 is 1.17 bits per heavy atom. The number of nitrogens with two attached hydrogens (primary N) is 2. The fourth-order valence-electron chi connectivity index (χ4n) is 4.48. The number of hydrogen-bond acceptors (Lipinski definition) is 8. The molecule has 3 aromatic heterocycles. The van der Waals surface area contributed by atoms with Crippen molar-refractivity contribution in [2.24, 2.45) is 11.1 Å². The summed E-state index contributed by atoms with van der Waals surface area (Å²) in [6.07, 6.45) is 8.18. The van der Waals surface area contributed by atoms with Gasteiger partial charge < -0.3 is 16.4 Å². The molecular formula is C20H22ClN7S. The van der Waals surface area contributed by atoms with Crippen molar-refractivity contribution in [3.05, 3.63) is 35.6 Å². The van der Waals surface area contributed by atoms with Crippen molar-refractivity contribution in [3.63, 3.8) is 0 Å². The monoisotopic (exact) mass is 427 g/mol. The molecule has 7 nitrogen and oxygen atoms in total. The van der Waals surface area contributed by atoms with Crippen LogP contribution in [0.2, 0.25) is 5.02 Å². The average Bonchev–Trinajstić information content (AvgIpc) is 3.32. The quantitative estimate of drug-likeness (QED) is 0.653. The lowest BCUT2D eigenvalue weighted by Crippen LogP contribution is -2.39. The summed E-state index contributed by atoms with van der Waals surface area (Å²) in [5.41, 5.74) is 13.8. The van der Waals surface area contributed by atoms with Crippen LogP contribution < -0.4 is 16.4 Å². The molecule has 1 saturated heterocycles. The van der Waals surface area contributed by atoms with E-state index in [0.717, 1.165) is 47.2 Å². The molecule has 2 fully saturated rings. The number of hydrogen-bond donors (Lipinski definition) is 2. The molecule has 0 amide bonds. The van der Waals surface area contributed by atoms with Gasteiger partial charge in [0.2, 0.25) is 0 Å². The van der Waals surface area contributed by atoms with Gasteiger partial charge in [-0.3, -0.25) is 0 Å². The van der Waals surface area contributed by atoms with Gasteiger partial charge in [0.05, 0.1) is 11.2 Å². The Bertz CT molecular complexity index is 1080. The highest BCUT2D eigenvalue weighted by Crippen LogP contribution is 2.45. The second-order valence-corrected chi connectivity index (χ2v) is 9.30. The molecule has 29 heavy (non-hydrogen) atoms. The highest BCUT2D eigenvalue weighted by Gasteiger charge is 2.46. The van der Waals surface area contributed by atoms with Crippen molar-refractivity contribution in [2.75, 3.05) is 23.7 Å². The van der Waals surface area contributed by atoms with Crippen LogP contribution in [0.4, 0.5) is 11.6 Å². The summed E-state index contributed by atoms with van der Waals surface area (Å²) in [7, 11) is 0. The Morgan fingerprint density at radius 3 is 2.90 bits per heavy atom. The third kappa shape index (κ3) is 3.39. The van der Waals surface area contributed by atoms with Gasteiger partial charge in [-0.05, 0) is 37.5 Å². The molecule has 4 N–H and O–H groups in total. The maximum absolute atomic E-state index is 6.41. The van der Waals surface area contributed by atoms with Gasteiger partial charge in [0.15, 0.2) is 5.65 Å². The number of pyridine rings is 2. The lowest BCUT2D eigenvalue weighted by atomic mass is 9.82. The minimum Gasteiger partial charge on any atom is -0.382 e. The Labute approximate surface area is 178 Å². The SMILES string of the molecule is Nc1nccc(Sc2ccc3nc(N4CCC5(CCCC5N)C4)cnc3n2)c1Cl. The van der Waals surface area contributed by atoms with Gasteiger partial charge >= 0.3 is 0 Å². The van der Waals surface area contributed by atoms with Crippen LogP contribution in [0.1, 0.15) is 25.7 Å². The first-order valence-electron chi connectivity index (χ1n) is 9.76. The van der Waals surface area contributed by atoms with Crippen molar-refractivity contribution in [3.8, 4) is 0 Å². The molecule has 2 atom stereocenters. The van der Waals surface area contributed by atoms with E-state index in [0.29, 0.717) is 22.5 Å². The highest BCUT2D eigenvalue weighted by molar-refractivity contribution is 7.99. The van der Waals surface area contributed by atoms with Crippen molar-refractivity contribution >= 4 is 46.2 Å². The first-order valence-corrected chi connectivity index (χ1v) is 11.0. The third-order valence-corrected chi connectivity index (χ3v) is 7.65. The molecule has 2 aliphatic rings. The molecule has 2 unspecified atom stereocenters. The summed E-state index contributed by atoms with van der Waals surface area (Å²) in [6.45, 7) is 1.95. The fourth-order valence-corrected chi connectivity index (χ4v) is 5.53. The molecule has 1 saturated carbocycles. The van der Waals surface area contributed by atoms with Crippen LogP contribution in [-0.4, -0.2) is 39.1 Å². The molecule has 5 rings (SSSR count). The summed E-state index contributed by atoms with van der Waals surface area (Å²) in [5, 5.41) is 1.22. The minimum atomic E-state index is 0.251. The van der Waals surface area contributed by atoms with E-state index in [9.17, 15) is 0 Å². The van der Waals surface area contributed by atoms with Gasteiger partial charge in [0.25, 0.3) is 0 Å². The minimum absolute atomic E-state index is 0.251. The first kappa shape index (κ1) is 18.8. The third-order valence-electron chi connectivity index (χ3n) is 6.15. The maximum Gasteiger partial charge on any atom is 0.179 e. The Hall–Kier alpha value is -2.16. The number of aromatic nitrogens is 4. The molecule has 1 aliphatic carbocycles. The molecule has 150 valence electrons. The molecular weight excluding hydrogens is 406 g/mol. The van der Waals surface area contributed by atoms with Crippen LogP contribution >= 0.6 is 23.4 Å². The molecule has 0 aromatic carbocycles. The van der Waals surface area contributed by atoms with Crippen LogP contribution in [0.5, 0.6) is 0 Å². The van der Waals surface area contributed by atoms with Crippen LogP contribution in [0, 0.1) is 5.41 Å². The second-order valence-electron chi connectivity index (χ2n) is 7.86. The van der Waals surface area contributed by atoms with E-state index >= 15 is 0 Å². The average molecular weight is 428 g/mol. The first-order chi connectivity index (χ1) is 14.0. The summed E-state index contributed by atoms with van der Waals surface area (Å²) >= 11 is 7.67. The van der Waals surface area contributed by atoms with Crippen molar-refractivity contribution in [2.45, 2.75) is 41.6 Å². The summed E-state index contributed by atoms with van der Waals surface area (Å²) in [6, 6.07) is 6.00. The number of nitrogen functional groups attached to an aromatic ring is 1. The largest absolute Gasteiger partial charge is 0.382 e. The summed E-state index contributed by atoms with van der Waals surface area (Å²) in [4.78, 5) is 21.1. The number of rotatable bonds is 3. The van der Waals surface area contributed by atoms with E-state index < -0.39 is 0 Å². The smallest absolute Gasteiger partial charge is 0.179 e. The van der Waals surface area contributed by atoms with Gasteiger partial charge in [-0.25, -0.2) is 19.9 Å². The molecule has 0 bridgehead atoms. The van der Waals surface area contributed by atoms with Gasteiger partial charge in [0, 0.05) is 35.6 Å². The van der Waals surface area contributed by atoms with E-state index in [2.05, 4.69) is 19.9 Å². The zero-order valence-electron chi connectivity index (χ0n) is 15.9. The molecule has 4 heterocycles. The topological polar surface area (TPSA) is 107 Å². The highest BCUT2D eigenvalue weighted by atomic mass is 35.5. The van der Waals surface area contributed by atoms with E-state index in [1.165, 1.54) is 24.6 Å². The molecule has 1 aliphatic heterocycles. The van der Waals surface area contributed by atoms with Crippen LogP contribution in [0.15, 0.2) is 40.5 Å². The van der Waals surface area contributed by atoms with Gasteiger partial charge in [-0.1, -0.05) is 29.8 Å². The van der Waals surface area contributed by atoms with Crippen LogP contribution in [0.25, 0.3) is 11.2 Å². The van der Waals surface area contributed by atoms with E-state index in [1.54, 1.807) is 6.20 Å². The van der Waals surface area contributed by atoms with Crippen molar-refractivity contribution < 1.29 is 0 Å². The second kappa shape index (κ2) is 7.27. The van der Waals surface area contributed by atoms with Crippen LogP contribution in [0.3, 0.4) is 0 Å². The zero-order valence-corrected chi connectivity index (χ0v) is 17.5. The van der Waals surface area contributed by atoms with E-state index in [4.69, 9.17) is 28.1 Å². The predicted octanol–water partition coefficient (Wildman–Crippen LogP) is 3.51. The summed E-state index contributed by atoms with van der Waals surface area (Å²) < 4.78 is 0. The predicted molar refractivity (Wildman–Crippen MR) is 116 cm³/mol. The molecule has 1 spiro atoms. The van der Waals surface area contributed by atoms with Gasteiger partial charge in [-0.15, -0.1) is 0 Å². The van der Waals surface area contributed by atoms with Crippen molar-refractivity contribution in [1.82, 2.24) is 19.9 Å². The maximum atomic E-state index is 6.41. The number of nitrogens with zero attached hydrogens (tertiary/aromatic N) is 5. The molecule has 9 heteroatoms. The fraction of sp³-hybridized carbons (Fsp3) is 0.400. The number of anilines is 2. The van der Waals surface area contributed by atoms with Gasteiger partial charge in [-0.2, -0.15) is 0 Å². The summed E-state index contributed by atoms with van der Waals surface area (Å²) in [5.74, 6) is 1.22. The Morgan fingerprint density at radius 2 is 2.07 bits per heavy atom. The van der Waals surface area contributed by atoms with E-state index in [-0.39, 0.29) is 5.41 Å². The molecule has 3 aromatic rings. The number of fused-ring (bicyclic) bond motifs is 1. The number of halogens is 1. The Balaban J connectivity index is 1.38. The molecule has 0 radical (unpaired) electrons. The lowest BCUT2D eigenvalue weighted by molar-refractivity contribution is 0.297. The zero-order chi connectivity index (χ0) is 20.0. The van der Waals surface area contributed by atoms with E-state index in [1.807, 2.05) is 24.4 Å². The van der Waals surface area contributed by atoms with Crippen molar-refractivity contribution in [1.29, 1.82) is 0 Å². The van der Waals surface area contributed by atoms with Gasteiger partial charge in [0.1, 0.15) is 22.2 Å². The van der Waals surface area contributed by atoms with Crippen LogP contribution in [-0.2, 0) is 0 Å².